The largest absolute Gasteiger partial charge is 0.353 e. The number of aromatic nitrogens is 2. The standard InChI is InChI=1S/C21H25FN4O/c1-14-18(13-17-5-3-4-6-19(17)22)21(24-20(23-14)16-7-8-16)26-11-9-25(10-12-26)15(2)27/h3-6,16H,7-13H2,1-2H3. The molecule has 0 N–H and O–H groups in total. The van der Waals surface area contributed by atoms with Crippen molar-refractivity contribution in [1.82, 2.24) is 14.9 Å². The lowest BCUT2D eigenvalue weighted by Gasteiger charge is -2.36. The van der Waals surface area contributed by atoms with Crippen LogP contribution in [-0.2, 0) is 11.2 Å². The van der Waals surface area contributed by atoms with E-state index in [1.807, 2.05) is 24.0 Å². The van der Waals surface area contributed by atoms with Crippen molar-refractivity contribution in [1.29, 1.82) is 0 Å². The van der Waals surface area contributed by atoms with E-state index in [0.29, 0.717) is 31.0 Å². The van der Waals surface area contributed by atoms with E-state index in [2.05, 4.69) is 4.90 Å². The highest BCUT2D eigenvalue weighted by atomic mass is 19.1. The maximum Gasteiger partial charge on any atom is 0.219 e. The molecule has 1 saturated heterocycles. The molecule has 0 atom stereocenters. The summed E-state index contributed by atoms with van der Waals surface area (Å²) in [5, 5.41) is 0. The van der Waals surface area contributed by atoms with Crippen molar-refractivity contribution in [3.8, 4) is 0 Å². The van der Waals surface area contributed by atoms with Crippen LogP contribution in [0.5, 0.6) is 0 Å². The Morgan fingerprint density at radius 1 is 1.15 bits per heavy atom. The van der Waals surface area contributed by atoms with Gasteiger partial charge in [-0.2, -0.15) is 0 Å². The molecule has 1 aliphatic carbocycles. The summed E-state index contributed by atoms with van der Waals surface area (Å²) in [6.45, 7) is 6.47. The highest BCUT2D eigenvalue weighted by Crippen LogP contribution is 2.39. The number of halogens is 1. The van der Waals surface area contributed by atoms with Crippen molar-refractivity contribution in [3.63, 3.8) is 0 Å². The van der Waals surface area contributed by atoms with E-state index in [1.165, 1.54) is 6.07 Å². The fourth-order valence-corrected chi connectivity index (χ4v) is 3.66. The lowest BCUT2D eigenvalue weighted by molar-refractivity contribution is -0.129. The van der Waals surface area contributed by atoms with Crippen molar-refractivity contribution in [2.45, 2.75) is 39.0 Å². The molecule has 4 rings (SSSR count). The highest BCUT2D eigenvalue weighted by Gasteiger charge is 2.30. The van der Waals surface area contributed by atoms with Crippen molar-refractivity contribution in [2.75, 3.05) is 31.1 Å². The zero-order valence-corrected chi connectivity index (χ0v) is 15.9. The number of nitrogens with zero attached hydrogens (tertiary/aromatic N) is 4. The van der Waals surface area contributed by atoms with E-state index in [1.54, 1.807) is 13.0 Å². The molecule has 27 heavy (non-hydrogen) atoms. The van der Waals surface area contributed by atoms with Crippen LogP contribution < -0.4 is 4.90 Å². The molecule has 0 radical (unpaired) electrons. The van der Waals surface area contributed by atoms with Crippen LogP contribution in [0.25, 0.3) is 0 Å². The number of carbonyl (C=O) groups excluding carboxylic acids is 1. The van der Waals surface area contributed by atoms with Gasteiger partial charge in [0.05, 0.1) is 0 Å². The van der Waals surface area contributed by atoms with E-state index in [9.17, 15) is 9.18 Å². The molecule has 1 amide bonds. The van der Waals surface area contributed by atoms with Crippen LogP contribution in [0, 0.1) is 12.7 Å². The number of piperazine rings is 1. The van der Waals surface area contributed by atoms with E-state index < -0.39 is 0 Å². The van der Waals surface area contributed by atoms with Crippen LogP contribution in [-0.4, -0.2) is 47.0 Å². The summed E-state index contributed by atoms with van der Waals surface area (Å²) in [7, 11) is 0. The second-order valence-corrected chi connectivity index (χ2v) is 7.50. The monoisotopic (exact) mass is 368 g/mol. The summed E-state index contributed by atoms with van der Waals surface area (Å²) in [4.78, 5) is 25.4. The minimum atomic E-state index is -0.199. The molecule has 142 valence electrons. The quantitative estimate of drug-likeness (QED) is 0.832. The average molecular weight is 368 g/mol. The van der Waals surface area contributed by atoms with Crippen LogP contribution in [0.2, 0.25) is 0 Å². The number of benzene rings is 1. The summed E-state index contributed by atoms with van der Waals surface area (Å²) in [5.41, 5.74) is 2.58. The first-order chi connectivity index (χ1) is 13.0. The molecule has 1 aromatic carbocycles. The SMILES string of the molecule is CC(=O)N1CCN(c2nc(C3CC3)nc(C)c2Cc2ccccc2F)CC1. The fourth-order valence-electron chi connectivity index (χ4n) is 3.66. The zero-order chi connectivity index (χ0) is 19.0. The van der Waals surface area contributed by atoms with Crippen LogP contribution in [0.3, 0.4) is 0 Å². The van der Waals surface area contributed by atoms with Crippen LogP contribution >= 0.6 is 0 Å². The summed E-state index contributed by atoms with van der Waals surface area (Å²) < 4.78 is 14.2. The van der Waals surface area contributed by atoms with Gasteiger partial charge >= 0.3 is 0 Å². The van der Waals surface area contributed by atoms with Gasteiger partial charge in [0.2, 0.25) is 5.91 Å². The van der Waals surface area contributed by atoms with Crippen molar-refractivity contribution < 1.29 is 9.18 Å². The molecule has 0 bridgehead atoms. The van der Waals surface area contributed by atoms with Gasteiger partial charge in [-0.05, 0) is 31.4 Å². The number of aryl methyl sites for hydroxylation is 1. The smallest absolute Gasteiger partial charge is 0.219 e. The third-order valence-electron chi connectivity index (χ3n) is 5.50. The summed E-state index contributed by atoms with van der Waals surface area (Å²) in [6.07, 6.45) is 2.76. The van der Waals surface area contributed by atoms with Crippen LogP contribution in [0.15, 0.2) is 24.3 Å². The predicted molar refractivity (Wildman–Crippen MR) is 102 cm³/mol. The molecule has 0 unspecified atom stereocenters. The third-order valence-corrected chi connectivity index (χ3v) is 5.50. The number of amides is 1. The van der Waals surface area contributed by atoms with E-state index in [0.717, 1.165) is 48.8 Å². The fraction of sp³-hybridized carbons (Fsp3) is 0.476. The molecule has 2 heterocycles. The second-order valence-electron chi connectivity index (χ2n) is 7.50. The molecule has 2 aliphatic rings. The molecule has 0 spiro atoms. The van der Waals surface area contributed by atoms with E-state index in [-0.39, 0.29) is 11.7 Å². The molecular formula is C21H25FN4O. The topological polar surface area (TPSA) is 49.3 Å². The lowest BCUT2D eigenvalue weighted by atomic mass is 10.0. The normalized spacial score (nSPS) is 17.3. The first-order valence-corrected chi connectivity index (χ1v) is 9.64. The molecule has 1 aromatic heterocycles. The summed E-state index contributed by atoms with van der Waals surface area (Å²) in [5.74, 6) is 2.20. The molecule has 1 aliphatic heterocycles. The van der Waals surface area contributed by atoms with Crippen molar-refractivity contribution >= 4 is 11.7 Å². The van der Waals surface area contributed by atoms with Crippen molar-refractivity contribution in [3.05, 3.63) is 52.7 Å². The zero-order valence-electron chi connectivity index (χ0n) is 15.9. The minimum absolute atomic E-state index is 0.110. The number of rotatable bonds is 4. The molecular weight excluding hydrogens is 343 g/mol. The van der Waals surface area contributed by atoms with E-state index >= 15 is 0 Å². The molecule has 2 aromatic rings. The Morgan fingerprint density at radius 2 is 1.85 bits per heavy atom. The van der Waals surface area contributed by atoms with Gasteiger partial charge in [0, 0.05) is 56.7 Å². The number of carbonyl (C=O) groups is 1. The van der Waals surface area contributed by atoms with Crippen molar-refractivity contribution in [2.24, 2.45) is 0 Å². The lowest BCUT2D eigenvalue weighted by Crippen LogP contribution is -2.48. The Bertz CT molecular complexity index is 857. The molecule has 6 heteroatoms. The minimum Gasteiger partial charge on any atom is -0.353 e. The van der Waals surface area contributed by atoms with E-state index in [4.69, 9.17) is 9.97 Å². The molecule has 5 nitrogen and oxygen atoms in total. The van der Waals surface area contributed by atoms with Gasteiger partial charge in [-0.15, -0.1) is 0 Å². The van der Waals surface area contributed by atoms with Gasteiger partial charge < -0.3 is 9.80 Å². The first kappa shape index (κ1) is 17.9. The Labute approximate surface area is 159 Å². The number of anilines is 1. The van der Waals surface area contributed by atoms with Crippen LogP contribution in [0.1, 0.15) is 48.3 Å². The average Bonchev–Trinajstić information content (AvgIpc) is 3.50. The molecule has 1 saturated carbocycles. The predicted octanol–water partition coefficient (Wildman–Crippen LogP) is 3.06. The second kappa shape index (κ2) is 7.25. The Kier molecular flexibility index (Phi) is 4.81. The van der Waals surface area contributed by atoms with Gasteiger partial charge in [0.15, 0.2) is 0 Å². The van der Waals surface area contributed by atoms with Crippen LogP contribution in [0.4, 0.5) is 10.2 Å². The van der Waals surface area contributed by atoms with Gasteiger partial charge in [0.25, 0.3) is 0 Å². The number of hydrogen-bond donors (Lipinski definition) is 0. The Balaban J connectivity index is 1.67. The van der Waals surface area contributed by atoms with Gasteiger partial charge in [-0.3, -0.25) is 4.79 Å². The summed E-state index contributed by atoms with van der Waals surface area (Å²) in [6, 6.07) is 6.88. The Hall–Kier alpha value is -2.50. The third kappa shape index (κ3) is 3.80. The van der Waals surface area contributed by atoms with Gasteiger partial charge in [0.1, 0.15) is 17.5 Å². The maximum atomic E-state index is 14.2. The highest BCUT2D eigenvalue weighted by molar-refractivity contribution is 5.73. The maximum absolute atomic E-state index is 14.2. The Morgan fingerprint density at radius 3 is 2.48 bits per heavy atom. The molecule has 2 fully saturated rings. The van der Waals surface area contributed by atoms with Gasteiger partial charge in [-0.25, -0.2) is 14.4 Å². The number of hydrogen-bond acceptors (Lipinski definition) is 4. The first-order valence-electron chi connectivity index (χ1n) is 9.64. The van der Waals surface area contributed by atoms with Gasteiger partial charge in [-0.1, -0.05) is 18.2 Å². The summed E-state index contributed by atoms with van der Waals surface area (Å²) >= 11 is 0.